The quantitative estimate of drug-likeness (QED) is 0.686. The molecule has 4 nitrogen and oxygen atoms in total. The number of methoxy groups -OCH3 is 1. The topological polar surface area (TPSA) is 39.9 Å². The smallest absolute Gasteiger partial charge is 0.214 e. The van der Waals surface area contributed by atoms with Gasteiger partial charge in [0, 0.05) is 11.8 Å². The van der Waals surface area contributed by atoms with E-state index in [9.17, 15) is 4.39 Å². The molecule has 0 N–H and O–H groups in total. The molecule has 0 saturated heterocycles. The number of ether oxygens (including phenoxy) is 1. The van der Waals surface area contributed by atoms with Gasteiger partial charge in [-0.2, -0.15) is 9.49 Å². The molecule has 0 amide bonds. The molecule has 0 fully saturated rings. The number of aromatic nitrogens is 3. The van der Waals surface area contributed by atoms with Gasteiger partial charge in [0.05, 0.1) is 12.8 Å². The summed E-state index contributed by atoms with van der Waals surface area (Å²) in [7, 11) is 1.62. The van der Waals surface area contributed by atoms with E-state index in [4.69, 9.17) is 4.74 Å². The number of pyridine rings is 1. The largest absolute Gasteiger partial charge is 0.497 e. The van der Waals surface area contributed by atoms with Crippen molar-refractivity contribution in [2.45, 2.75) is 0 Å². The van der Waals surface area contributed by atoms with Crippen LogP contribution in [0.5, 0.6) is 5.75 Å². The van der Waals surface area contributed by atoms with Crippen molar-refractivity contribution < 1.29 is 9.13 Å². The van der Waals surface area contributed by atoms with Gasteiger partial charge in [0.15, 0.2) is 5.82 Å². The molecule has 5 heteroatoms. The Kier molecular flexibility index (Phi) is 3.16. The summed E-state index contributed by atoms with van der Waals surface area (Å²) in [6, 6.07) is 14.0. The Morgan fingerprint density at radius 2 is 1.85 bits per heavy atom. The lowest BCUT2D eigenvalue weighted by atomic mass is 10.1. The molecule has 0 saturated carbocycles. The summed E-state index contributed by atoms with van der Waals surface area (Å²) in [5.74, 6) is 0.716. The summed E-state index contributed by atoms with van der Waals surface area (Å²) < 4.78 is 19.8. The minimum absolute atomic E-state index is 0.449. The fourth-order valence-electron chi connectivity index (χ4n) is 1.89. The zero-order valence-electron chi connectivity index (χ0n) is 10.8. The number of halogens is 1. The number of rotatable bonds is 3. The molecule has 0 aliphatic carbocycles. The Labute approximate surface area is 115 Å². The molecule has 0 aliphatic heterocycles. The van der Waals surface area contributed by atoms with Crippen molar-refractivity contribution in [3.8, 4) is 22.8 Å². The average Bonchev–Trinajstić information content (AvgIpc) is 2.97. The number of hydrogen-bond acceptors (Lipinski definition) is 3. The Hall–Kier alpha value is -2.69. The van der Waals surface area contributed by atoms with Crippen molar-refractivity contribution in [2.75, 3.05) is 7.11 Å². The first-order chi connectivity index (χ1) is 9.76. The fraction of sp³-hybridized carbons (Fsp3) is 0.0667. The van der Waals surface area contributed by atoms with Crippen LogP contribution in [0.1, 0.15) is 0 Å². The van der Waals surface area contributed by atoms with E-state index in [0.29, 0.717) is 5.82 Å². The first-order valence-corrected chi connectivity index (χ1v) is 6.09. The normalized spacial score (nSPS) is 10.5. The van der Waals surface area contributed by atoms with Crippen molar-refractivity contribution in [2.24, 2.45) is 0 Å². The van der Waals surface area contributed by atoms with Gasteiger partial charge in [0.2, 0.25) is 5.95 Å². The van der Waals surface area contributed by atoms with Crippen LogP contribution in [0.15, 0.2) is 54.7 Å². The van der Waals surface area contributed by atoms with Gasteiger partial charge >= 0.3 is 0 Å². The van der Waals surface area contributed by atoms with Crippen molar-refractivity contribution in [3.63, 3.8) is 0 Å². The third-order valence-corrected chi connectivity index (χ3v) is 2.91. The van der Waals surface area contributed by atoms with E-state index < -0.39 is 5.95 Å². The first-order valence-electron chi connectivity index (χ1n) is 6.09. The van der Waals surface area contributed by atoms with E-state index in [1.807, 2.05) is 30.3 Å². The zero-order chi connectivity index (χ0) is 13.9. The van der Waals surface area contributed by atoms with Crippen LogP contribution in [0.25, 0.3) is 17.1 Å². The molecule has 0 bridgehead atoms. The number of hydrogen-bond donors (Lipinski definition) is 0. The van der Waals surface area contributed by atoms with E-state index in [0.717, 1.165) is 17.0 Å². The molecule has 0 unspecified atom stereocenters. The number of benzene rings is 1. The van der Waals surface area contributed by atoms with E-state index in [1.54, 1.807) is 30.1 Å². The van der Waals surface area contributed by atoms with Crippen LogP contribution in [0.3, 0.4) is 0 Å². The lowest BCUT2D eigenvalue weighted by Gasteiger charge is -2.01. The predicted molar refractivity (Wildman–Crippen MR) is 73.3 cm³/mol. The molecule has 0 atom stereocenters. The van der Waals surface area contributed by atoms with Gasteiger partial charge in [-0.25, -0.2) is 9.67 Å². The minimum atomic E-state index is -0.524. The monoisotopic (exact) mass is 269 g/mol. The van der Waals surface area contributed by atoms with Crippen LogP contribution >= 0.6 is 0 Å². The van der Waals surface area contributed by atoms with E-state index in [1.165, 1.54) is 6.07 Å². The van der Waals surface area contributed by atoms with Crippen molar-refractivity contribution >= 4 is 0 Å². The van der Waals surface area contributed by atoms with Gasteiger partial charge in [0.1, 0.15) is 5.75 Å². The maximum atomic E-state index is 13.1. The summed E-state index contributed by atoms with van der Waals surface area (Å²) >= 11 is 0. The lowest BCUT2D eigenvalue weighted by molar-refractivity contribution is 0.415. The molecular formula is C15H12FN3O. The second kappa shape index (κ2) is 5.13. The maximum absolute atomic E-state index is 13.1. The summed E-state index contributed by atoms with van der Waals surface area (Å²) in [6.45, 7) is 0. The molecule has 0 spiro atoms. The van der Waals surface area contributed by atoms with Crippen LogP contribution in [0, 0.1) is 5.95 Å². The second-order valence-electron chi connectivity index (χ2n) is 4.19. The summed E-state index contributed by atoms with van der Waals surface area (Å²) in [4.78, 5) is 3.79. The maximum Gasteiger partial charge on any atom is 0.214 e. The third kappa shape index (κ3) is 2.38. The van der Waals surface area contributed by atoms with Crippen molar-refractivity contribution in [1.29, 1.82) is 0 Å². The molecular weight excluding hydrogens is 257 g/mol. The van der Waals surface area contributed by atoms with Crippen LogP contribution in [-0.2, 0) is 0 Å². The zero-order valence-corrected chi connectivity index (χ0v) is 10.8. The Morgan fingerprint density at radius 3 is 2.55 bits per heavy atom. The van der Waals surface area contributed by atoms with E-state index in [-0.39, 0.29) is 0 Å². The molecule has 20 heavy (non-hydrogen) atoms. The molecule has 2 heterocycles. The summed E-state index contributed by atoms with van der Waals surface area (Å²) in [5.41, 5.74) is 1.75. The fourth-order valence-corrected chi connectivity index (χ4v) is 1.89. The molecule has 0 aliphatic rings. The lowest BCUT2D eigenvalue weighted by Crippen LogP contribution is -1.99. The van der Waals surface area contributed by atoms with E-state index in [2.05, 4.69) is 10.1 Å². The third-order valence-electron chi connectivity index (χ3n) is 2.91. The SMILES string of the molecule is COc1ccc(-c2ccn(-c3cccc(F)n3)n2)cc1. The van der Waals surface area contributed by atoms with Crippen molar-refractivity contribution in [1.82, 2.24) is 14.8 Å². The molecule has 3 rings (SSSR count). The highest BCUT2D eigenvalue weighted by Crippen LogP contribution is 2.21. The second-order valence-corrected chi connectivity index (χ2v) is 4.19. The average molecular weight is 269 g/mol. The van der Waals surface area contributed by atoms with Gasteiger partial charge in [-0.05, 0) is 42.5 Å². The van der Waals surface area contributed by atoms with Gasteiger partial charge in [-0.1, -0.05) is 6.07 Å². The predicted octanol–water partition coefficient (Wildman–Crippen LogP) is 3.08. The van der Waals surface area contributed by atoms with E-state index >= 15 is 0 Å². The molecule has 1 aromatic carbocycles. The van der Waals surface area contributed by atoms with Crippen LogP contribution in [-0.4, -0.2) is 21.9 Å². The molecule has 3 aromatic rings. The van der Waals surface area contributed by atoms with Gasteiger partial charge < -0.3 is 4.74 Å². The highest BCUT2D eigenvalue weighted by Gasteiger charge is 2.05. The highest BCUT2D eigenvalue weighted by atomic mass is 19.1. The van der Waals surface area contributed by atoms with Crippen molar-refractivity contribution in [3.05, 3.63) is 60.7 Å². The van der Waals surface area contributed by atoms with Crippen LogP contribution in [0.2, 0.25) is 0 Å². The summed E-state index contributed by atoms with van der Waals surface area (Å²) in [5, 5.41) is 4.39. The standard InChI is InChI=1S/C15H12FN3O/c1-20-12-7-5-11(6-8-12)13-9-10-19(18-13)15-4-2-3-14(16)17-15/h2-10H,1H3. The molecule has 0 radical (unpaired) electrons. The highest BCUT2D eigenvalue weighted by molar-refractivity contribution is 5.59. The van der Waals surface area contributed by atoms with Crippen LogP contribution < -0.4 is 4.74 Å². The molecule has 2 aromatic heterocycles. The Bertz CT molecular complexity index is 722. The molecule has 100 valence electrons. The first kappa shape index (κ1) is 12.3. The van der Waals surface area contributed by atoms with Gasteiger partial charge in [-0.3, -0.25) is 0 Å². The Morgan fingerprint density at radius 1 is 1.05 bits per heavy atom. The van der Waals surface area contributed by atoms with Gasteiger partial charge in [-0.15, -0.1) is 0 Å². The van der Waals surface area contributed by atoms with Gasteiger partial charge in [0.25, 0.3) is 0 Å². The summed E-state index contributed by atoms with van der Waals surface area (Å²) in [6.07, 6.45) is 1.75. The van der Waals surface area contributed by atoms with Crippen LogP contribution in [0.4, 0.5) is 4.39 Å². The number of nitrogens with zero attached hydrogens (tertiary/aromatic N) is 3. The Balaban J connectivity index is 1.93. The minimum Gasteiger partial charge on any atom is -0.497 e.